The molecule has 6 heteroatoms. The number of carbonyl (C=O) groups is 1. The van der Waals surface area contributed by atoms with Gasteiger partial charge >= 0.3 is 5.97 Å². The lowest BCUT2D eigenvalue weighted by molar-refractivity contribution is -0.129. The zero-order valence-corrected chi connectivity index (χ0v) is 19.0. The Balaban J connectivity index is 1.53. The quantitative estimate of drug-likeness (QED) is 0.240. The molecule has 0 bridgehead atoms. The molecule has 5 nitrogen and oxygen atoms in total. The number of cyclic esters (lactones) is 1. The molecule has 0 fully saturated rings. The highest BCUT2D eigenvalue weighted by atomic mass is 127. The lowest BCUT2D eigenvalue weighted by Crippen LogP contribution is -2.05. The number of ether oxygens (including phenoxy) is 3. The summed E-state index contributed by atoms with van der Waals surface area (Å²) < 4.78 is 17.8. The van der Waals surface area contributed by atoms with Crippen LogP contribution in [0.5, 0.6) is 11.5 Å². The maximum absolute atomic E-state index is 12.3. The molecule has 0 N–H and O–H groups in total. The first-order chi connectivity index (χ1) is 15.1. The Morgan fingerprint density at radius 3 is 2.45 bits per heavy atom. The van der Waals surface area contributed by atoms with E-state index in [1.54, 1.807) is 13.2 Å². The number of carbonyl (C=O) groups excluding carboxylic acids is 1. The molecule has 0 atom stereocenters. The maximum Gasteiger partial charge on any atom is 0.363 e. The SMILES string of the molecule is COc1cc(/C=C2\N=C(c3ccccc3)OC2=O)cc(I)c1OCCc1ccccc1. The Kier molecular flexibility index (Phi) is 6.66. The fraction of sp³-hybridized carbons (Fsp3) is 0.120. The smallest absolute Gasteiger partial charge is 0.363 e. The normalized spacial score (nSPS) is 14.3. The van der Waals surface area contributed by atoms with Crippen LogP contribution in [0.4, 0.5) is 0 Å². The zero-order valence-electron chi connectivity index (χ0n) is 16.9. The minimum absolute atomic E-state index is 0.245. The van der Waals surface area contributed by atoms with Gasteiger partial charge in [0.05, 0.1) is 17.3 Å². The Morgan fingerprint density at radius 1 is 1.03 bits per heavy atom. The van der Waals surface area contributed by atoms with E-state index in [-0.39, 0.29) is 5.70 Å². The van der Waals surface area contributed by atoms with Gasteiger partial charge in [0, 0.05) is 12.0 Å². The molecule has 1 aliphatic rings. The van der Waals surface area contributed by atoms with Crippen molar-refractivity contribution in [2.45, 2.75) is 6.42 Å². The van der Waals surface area contributed by atoms with E-state index in [4.69, 9.17) is 14.2 Å². The van der Waals surface area contributed by atoms with Crippen molar-refractivity contribution in [3.63, 3.8) is 0 Å². The first-order valence-corrected chi connectivity index (χ1v) is 10.8. The molecule has 0 radical (unpaired) electrons. The van der Waals surface area contributed by atoms with E-state index in [2.05, 4.69) is 39.7 Å². The predicted octanol–water partition coefficient (Wildman–Crippen LogP) is 5.27. The van der Waals surface area contributed by atoms with Crippen LogP contribution in [0.15, 0.2) is 83.5 Å². The summed E-state index contributed by atoms with van der Waals surface area (Å²) in [6, 6.07) is 23.3. The Morgan fingerprint density at radius 2 is 1.74 bits per heavy atom. The van der Waals surface area contributed by atoms with Crippen LogP contribution in [0.2, 0.25) is 0 Å². The van der Waals surface area contributed by atoms with Gasteiger partial charge < -0.3 is 14.2 Å². The summed E-state index contributed by atoms with van der Waals surface area (Å²) in [5.41, 5.74) is 2.99. The topological polar surface area (TPSA) is 57.1 Å². The van der Waals surface area contributed by atoms with E-state index in [0.29, 0.717) is 24.0 Å². The average molecular weight is 525 g/mol. The van der Waals surface area contributed by atoms with Crippen LogP contribution in [0.3, 0.4) is 0 Å². The maximum atomic E-state index is 12.3. The lowest BCUT2D eigenvalue weighted by atomic mass is 10.1. The minimum atomic E-state index is -0.476. The first-order valence-electron chi connectivity index (χ1n) is 9.76. The van der Waals surface area contributed by atoms with Crippen molar-refractivity contribution in [1.29, 1.82) is 0 Å². The number of halogens is 1. The van der Waals surface area contributed by atoms with E-state index in [0.717, 1.165) is 21.1 Å². The van der Waals surface area contributed by atoms with Crippen molar-refractivity contribution in [1.82, 2.24) is 0 Å². The van der Waals surface area contributed by atoms with E-state index in [1.807, 2.05) is 60.7 Å². The third-order valence-corrected chi connectivity index (χ3v) is 5.48. The molecule has 1 aliphatic heterocycles. The van der Waals surface area contributed by atoms with E-state index >= 15 is 0 Å². The molecule has 0 spiro atoms. The Bertz CT molecular complexity index is 1140. The van der Waals surface area contributed by atoms with Crippen LogP contribution in [-0.2, 0) is 16.0 Å². The van der Waals surface area contributed by atoms with Crippen LogP contribution < -0.4 is 9.47 Å². The summed E-state index contributed by atoms with van der Waals surface area (Å²) in [5, 5.41) is 0. The van der Waals surface area contributed by atoms with Crippen molar-refractivity contribution in [3.05, 3.63) is 98.8 Å². The van der Waals surface area contributed by atoms with Gasteiger partial charge in [-0.05, 0) is 64.1 Å². The number of benzene rings is 3. The number of hydrogen-bond acceptors (Lipinski definition) is 5. The fourth-order valence-corrected chi connectivity index (χ4v) is 3.93. The largest absolute Gasteiger partial charge is 0.493 e. The zero-order chi connectivity index (χ0) is 21.6. The molecule has 3 aromatic rings. The summed E-state index contributed by atoms with van der Waals surface area (Å²) in [6.45, 7) is 0.536. The molecule has 4 rings (SSSR count). The van der Waals surface area contributed by atoms with E-state index in [9.17, 15) is 4.79 Å². The highest BCUT2D eigenvalue weighted by Gasteiger charge is 2.24. The van der Waals surface area contributed by atoms with Crippen molar-refractivity contribution < 1.29 is 19.0 Å². The highest BCUT2D eigenvalue weighted by molar-refractivity contribution is 14.1. The third kappa shape index (κ3) is 5.14. The van der Waals surface area contributed by atoms with Crippen molar-refractivity contribution >= 4 is 40.5 Å². The molecule has 1 heterocycles. The Hall–Kier alpha value is -3.13. The summed E-state index contributed by atoms with van der Waals surface area (Å²) in [4.78, 5) is 16.6. The molecule has 0 saturated carbocycles. The van der Waals surface area contributed by atoms with Crippen molar-refractivity contribution in [3.8, 4) is 11.5 Å². The Labute approximate surface area is 194 Å². The second-order valence-electron chi connectivity index (χ2n) is 6.82. The number of rotatable bonds is 7. The second kappa shape index (κ2) is 9.78. The summed E-state index contributed by atoms with van der Waals surface area (Å²) in [6.07, 6.45) is 2.49. The van der Waals surface area contributed by atoms with Crippen LogP contribution in [0, 0.1) is 3.57 Å². The highest BCUT2D eigenvalue weighted by Crippen LogP contribution is 2.35. The summed E-state index contributed by atoms with van der Waals surface area (Å²) in [7, 11) is 1.60. The van der Waals surface area contributed by atoms with Gasteiger partial charge in [0.1, 0.15) is 0 Å². The van der Waals surface area contributed by atoms with Gasteiger partial charge in [0.15, 0.2) is 17.2 Å². The van der Waals surface area contributed by atoms with Crippen LogP contribution in [-0.4, -0.2) is 25.6 Å². The molecule has 0 saturated heterocycles. The second-order valence-corrected chi connectivity index (χ2v) is 7.98. The van der Waals surface area contributed by atoms with E-state index in [1.165, 1.54) is 5.56 Å². The number of hydrogen-bond donors (Lipinski definition) is 0. The van der Waals surface area contributed by atoms with E-state index < -0.39 is 5.97 Å². The molecular weight excluding hydrogens is 505 g/mol. The number of esters is 1. The van der Waals surface area contributed by atoms with Gasteiger partial charge in [-0.15, -0.1) is 0 Å². The molecular formula is C25H20INO4. The van der Waals surface area contributed by atoms with Gasteiger partial charge in [0.2, 0.25) is 5.90 Å². The van der Waals surface area contributed by atoms with Crippen LogP contribution >= 0.6 is 22.6 Å². The molecule has 156 valence electrons. The van der Waals surface area contributed by atoms with Gasteiger partial charge in [-0.2, -0.15) is 0 Å². The van der Waals surface area contributed by atoms with Crippen molar-refractivity contribution in [2.24, 2.45) is 4.99 Å². The molecule has 31 heavy (non-hydrogen) atoms. The molecule has 0 amide bonds. The average Bonchev–Trinajstić information content (AvgIpc) is 3.16. The predicted molar refractivity (Wildman–Crippen MR) is 128 cm³/mol. The van der Waals surface area contributed by atoms with Gasteiger partial charge in [-0.25, -0.2) is 9.79 Å². The van der Waals surface area contributed by atoms with Gasteiger partial charge in [-0.1, -0.05) is 48.5 Å². The molecule has 0 unspecified atom stereocenters. The molecule has 0 aromatic heterocycles. The number of methoxy groups -OCH3 is 1. The summed E-state index contributed by atoms with van der Waals surface area (Å²) >= 11 is 2.21. The fourth-order valence-electron chi connectivity index (χ4n) is 3.15. The van der Waals surface area contributed by atoms with Gasteiger partial charge in [0.25, 0.3) is 0 Å². The summed E-state index contributed by atoms with van der Waals surface area (Å²) in [5.74, 6) is 1.12. The molecule has 0 aliphatic carbocycles. The first kappa shape index (κ1) is 21.1. The monoisotopic (exact) mass is 525 g/mol. The standard InChI is InChI=1S/C25H20INO4/c1-29-22-16-18(14-20(26)23(22)30-13-12-17-8-4-2-5-9-17)15-21-25(28)31-24(27-21)19-10-6-3-7-11-19/h2-11,14-16H,12-13H2,1H3/b21-15-. The van der Waals surface area contributed by atoms with Crippen LogP contribution in [0.25, 0.3) is 6.08 Å². The van der Waals surface area contributed by atoms with Gasteiger partial charge in [-0.3, -0.25) is 0 Å². The van der Waals surface area contributed by atoms with Crippen LogP contribution in [0.1, 0.15) is 16.7 Å². The third-order valence-electron chi connectivity index (χ3n) is 4.68. The minimum Gasteiger partial charge on any atom is -0.493 e. The lowest BCUT2D eigenvalue weighted by Gasteiger charge is -2.13. The molecule has 3 aromatic carbocycles. The van der Waals surface area contributed by atoms with Crippen molar-refractivity contribution in [2.75, 3.05) is 13.7 Å². The number of aliphatic imine (C=N–C) groups is 1. The number of nitrogens with zero attached hydrogens (tertiary/aromatic N) is 1.